The molecule has 0 aliphatic carbocycles. The summed E-state index contributed by atoms with van der Waals surface area (Å²) >= 11 is 0. The van der Waals surface area contributed by atoms with Crippen molar-refractivity contribution in [2.45, 2.75) is 12.5 Å². The maximum atomic E-state index is 10.9. The fourth-order valence-corrected chi connectivity index (χ4v) is 1.12. The quantitative estimate of drug-likeness (QED) is 0.510. The molecule has 3 heteroatoms. The van der Waals surface area contributed by atoms with E-state index in [9.17, 15) is 4.79 Å². The van der Waals surface area contributed by atoms with Crippen molar-refractivity contribution < 1.29 is 4.79 Å². The number of carbonyl (C=O) groups is 1. The summed E-state index contributed by atoms with van der Waals surface area (Å²) in [7, 11) is 0. The Morgan fingerprint density at radius 3 is 2.90 bits per heavy atom. The molecular weight excluding hydrogens is 128 g/mol. The number of carbonyl (C=O) groups excluding carboxylic acids is 1. The summed E-state index contributed by atoms with van der Waals surface area (Å²) in [4.78, 5) is 12.6. The summed E-state index contributed by atoms with van der Waals surface area (Å²) in [5.41, 5.74) is 5.59. The van der Waals surface area contributed by atoms with E-state index in [0.717, 1.165) is 13.0 Å². The topological polar surface area (TPSA) is 46.3 Å². The Bertz CT molecular complexity index is 156. The highest BCUT2D eigenvalue weighted by Gasteiger charge is 2.21. The highest BCUT2D eigenvalue weighted by molar-refractivity contribution is 5.87. The lowest BCUT2D eigenvalue weighted by Crippen LogP contribution is -2.30. The highest BCUT2D eigenvalue weighted by Crippen LogP contribution is 2.06. The molecule has 0 aromatic heterocycles. The Morgan fingerprint density at radius 1 is 1.80 bits per heavy atom. The number of nitrogens with zero attached hydrogens (tertiary/aromatic N) is 1. The average molecular weight is 140 g/mol. The van der Waals surface area contributed by atoms with Crippen LogP contribution in [-0.4, -0.2) is 29.9 Å². The van der Waals surface area contributed by atoms with Gasteiger partial charge in [0.1, 0.15) is 0 Å². The third-order valence-electron chi connectivity index (χ3n) is 1.71. The Hall–Kier alpha value is -0.830. The van der Waals surface area contributed by atoms with Crippen molar-refractivity contribution in [3.05, 3.63) is 12.7 Å². The van der Waals surface area contributed by atoms with Crippen LogP contribution in [0.5, 0.6) is 0 Å². The molecule has 0 aromatic rings. The lowest BCUT2D eigenvalue weighted by molar-refractivity contribution is -0.125. The summed E-state index contributed by atoms with van der Waals surface area (Å²) in [5.74, 6) is -0.00653. The predicted molar refractivity (Wildman–Crippen MR) is 39.4 cm³/mol. The van der Waals surface area contributed by atoms with Gasteiger partial charge in [-0.15, -0.1) is 0 Å². The van der Waals surface area contributed by atoms with Crippen LogP contribution >= 0.6 is 0 Å². The fourth-order valence-electron chi connectivity index (χ4n) is 1.12. The van der Waals surface area contributed by atoms with E-state index in [-0.39, 0.29) is 11.9 Å². The van der Waals surface area contributed by atoms with Gasteiger partial charge in [-0.05, 0) is 12.5 Å². The van der Waals surface area contributed by atoms with E-state index in [0.29, 0.717) is 6.54 Å². The van der Waals surface area contributed by atoms with Crippen LogP contribution in [0.2, 0.25) is 0 Å². The van der Waals surface area contributed by atoms with Gasteiger partial charge >= 0.3 is 0 Å². The normalized spacial score (nSPS) is 24.9. The van der Waals surface area contributed by atoms with Gasteiger partial charge in [-0.1, -0.05) is 6.58 Å². The Kier molecular flexibility index (Phi) is 2.06. The van der Waals surface area contributed by atoms with Gasteiger partial charge in [0.25, 0.3) is 0 Å². The minimum absolute atomic E-state index is 0.00653. The zero-order valence-corrected chi connectivity index (χ0v) is 5.92. The number of likely N-dealkylation sites (tertiary alicyclic amines) is 1. The molecule has 0 saturated carbocycles. The maximum absolute atomic E-state index is 10.9. The lowest BCUT2D eigenvalue weighted by Gasteiger charge is -2.11. The van der Waals surface area contributed by atoms with Gasteiger partial charge in [0.2, 0.25) is 5.91 Å². The van der Waals surface area contributed by atoms with E-state index >= 15 is 0 Å². The lowest BCUT2D eigenvalue weighted by atomic mass is 10.3. The SMILES string of the molecule is C=CC(=O)N1CC[C@H](N)C1. The molecule has 1 heterocycles. The molecule has 1 aliphatic heterocycles. The molecule has 0 radical (unpaired) electrons. The smallest absolute Gasteiger partial charge is 0.246 e. The van der Waals surface area contributed by atoms with Gasteiger partial charge in [-0.2, -0.15) is 0 Å². The zero-order chi connectivity index (χ0) is 7.56. The van der Waals surface area contributed by atoms with Crippen molar-refractivity contribution in [1.82, 2.24) is 4.90 Å². The standard InChI is InChI=1S/C7H12N2O/c1-2-7(10)9-4-3-6(8)5-9/h2,6H,1,3-5,8H2/t6-/m0/s1. The third kappa shape index (κ3) is 1.36. The van der Waals surface area contributed by atoms with Gasteiger partial charge < -0.3 is 10.6 Å². The second kappa shape index (κ2) is 2.84. The molecule has 0 spiro atoms. The molecule has 1 rings (SSSR count). The molecule has 0 bridgehead atoms. The molecule has 0 unspecified atom stereocenters. The Morgan fingerprint density at radius 2 is 2.50 bits per heavy atom. The van der Waals surface area contributed by atoms with E-state index < -0.39 is 0 Å². The van der Waals surface area contributed by atoms with E-state index in [2.05, 4.69) is 6.58 Å². The number of hydrogen-bond acceptors (Lipinski definition) is 2. The molecule has 1 amide bonds. The van der Waals surface area contributed by atoms with E-state index in [1.165, 1.54) is 6.08 Å². The van der Waals surface area contributed by atoms with Crippen molar-refractivity contribution in [3.8, 4) is 0 Å². The first-order valence-electron chi connectivity index (χ1n) is 3.41. The molecule has 0 aromatic carbocycles. The van der Waals surface area contributed by atoms with Crippen LogP contribution < -0.4 is 5.73 Å². The monoisotopic (exact) mass is 140 g/mol. The Balaban J connectivity index is 2.44. The molecule has 10 heavy (non-hydrogen) atoms. The van der Waals surface area contributed by atoms with Crippen LogP contribution in [0.15, 0.2) is 12.7 Å². The van der Waals surface area contributed by atoms with Crippen LogP contribution in [0.3, 0.4) is 0 Å². The first kappa shape index (κ1) is 7.28. The van der Waals surface area contributed by atoms with Crippen molar-refractivity contribution in [1.29, 1.82) is 0 Å². The molecule has 1 saturated heterocycles. The average Bonchev–Trinajstić information content (AvgIpc) is 2.34. The maximum Gasteiger partial charge on any atom is 0.246 e. The number of hydrogen-bond donors (Lipinski definition) is 1. The van der Waals surface area contributed by atoms with Crippen molar-refractivity contribution >= 4 is 5.91 Å². The van der Waals surface area contributed by atoms with Gasteiger partial charge in [0, 0.05) is 19.1 Å². The minimum atomic E-state index is -0.00653. The van der Waals surface area contributed by atoms with E-state index in [1.54, 1.807) is 4.90 Å². The van der Waals surface area contributed by atoms with Crippen LogP contribution in [0.25, 0.3) is 0 Å². The van der Waals surface area contributed by atoms with Crippen LogP contribution in [0, 0.1) is 0 Å². The fraction of sp³-hybridized carbons (Fsp3) is 0.571. The molecule has 1 atom stereocenters. The third-order valence-corrected chi connectivity index (χ3v) is 1.71. The van der Waals surface area contributed by atoms with Crippen molar-refractivity contribution in [2.75, 3.05) is 13.1 Å². The van der Waals surface area contributed by atoms with E-state index in [4.69, 9.17) is 5.73 Å². The second-order valence-electron chi connectivity index (χ2n) is 2.54. The first-order chi connectivity index (χ1) is 4.74. The van der Waals surface area contributed by atoms with E-state index in [1.807, 2.05) is 0 Å². The molecule has 56 valence electrons. The number of nitrogens with two attached hydrogens (primary N) is 1. The first-order valence-corrected chi connectivity index (χ1v) is 3.41. The Labute approximate surface area is 60.5 Å². The largest absolute Gasteiger partial charge is 0.338 e. The highest BCUT2D eigenvalue weighted by atomic mass is 16.2. The predicted octanol–water partition coefficient (Wildman–Crippen LogP) is -0.268. The van der Waals surface area contributed by atoms with Crippen molar-refractivity contribution in [3.63, 3.8) is 0 Å². The van der Waals surface area contributed by atoms with Crippen molar-refractivity contribution in [2.24, 2.45) is 5.73 Å². The minimum Gasteiger partial charge on any atom is -0.338 e. The molecule has 3 nitrogen and oxygen atoms in total. The number of amides is 1. The van der Waals surface area contributed by atoms with Gasteiger partial charge in [0.15, 0.2) is 0 Å². The van der Waals surface area contributed by atoms with Crippen LogP contribution in [-0.2, 0) is 4.79 Å². The van der Waals surface area contributed by atoms with Crippen LogP contribution in [0.1, 0.15) is 6.42 Å². The summed E-state index contributed by atoms with van der Waals surface area (Å²) in [6.07, 6.45) is 2.25. The van der Waals surface area contributed by atoms with Crippen LogP contribution in [0.4, 0.5) is 0 Å². The summed E-state index contributed by atoms with van der Waals surface area (Å²) in [5, 5.41) is 0. The summed E-state index contributed by atoms with van der Waals surface area (Å²) < 4.78 is 0. The molecule has 1 aliphatic rings. The zero-order valence-electron chi connectivity index (χ0n) is 5.92. The summed E-state index contributed by atoms with van der Waals surface area (Å²) in [6.45, 7) is 4.87. The number of rotatable bonds is 1. The van der Waals surface area contributed by atoms with Gasteiger partial charge in [0.05, 0.1) is 0 Å². The van der Waals surface area contributed by atoms with Gasteiger partial charge in [-0.25, -0.2) is 0 Å². The van der Waals surface area contributed by atoms with Gasteiger partial charge in [-0.3, -0.25) is 4.79 Å². The molecular formula is C7H12N2O. The second-order valence-corrected chi connectivity index (χ2v) is 2.54. The summed E-state index contributed by atoms with van der Waals surface area (Å²) in [6, 6.07) is 0.170. The molecule has 1 fully saturated rings. The molecule has 2 N–H and O–H groups in total.